The zero-order chi connectivity index (χ0) is 12.7. The maximum Gasteiger partial charge on any atom is 0.224 e. The lowest BCUT2D eigenvalue weighted by atomic mass is 10.3. The second-order valence-electron chi connectivity index (χ2n) is 3.55. The van der Waals surface area contributed by atoms with Gasteiger partial charge in [-0.05, 0) is 23.7 Å². The Balaban J connectivity index is 2.32. The first kappa shape index (κ1) is 11.7. The van der Waals surface area contributed by atoms with E-state index in [1.165, 1.54) is 0 Å². The highest BCUT2D eigenvalue weighted by Crippen LogP contribution is 2.29. The van der Waals surface area contributed by atoms with E-state index in [1.807, 2.05) is 0 Å². The topological polar surface area (TPSA) is 43.6 Å². The number of aromatic nitrogens is 4. The zero-order valence-corrected chi connectivity index (χ0v) is 11.1. The van der Waals surface area contributed by atoms with E-state index in [0.717, 1.165) is 5.39 Å². The molecule has 1 aromatic carbocycles. The largest absolute Gasteiger partial charge is 0.226 e. The van der Waals surface area contributed by atoms with Crippen molar-refractivity contribution in [2.45, 2.75) is 0 Å². The van der Waals surface area contributed by atoms with Crippen LogP contribution in [0.15, 0.2) is 30.6 Å². The molecule has 0 aliphatic rings. The summed E-state index contributed by atoms with van der Waals surface area (Å²) in [6.45, 7) is 0. The minimum absolute atomic E-state index is 0.155. The first-order valence-electron chi connectivity index (χ1n) is 4.97. The molecule has 2 aromatic heterocycles. The standard InChI is InChI=1S/C11H5Cl3N4/c12-7-2-1-3-8(9(7)13)18-10-6(5-16-18)4-15-11(14)17-10/h1-5H. The maximum absolute atomic E-state index is 6.16. The second kappa shape index (κ2) is 4.39. The van der Waals surface area contributed by atoms with Gasteiger partial charge in [0.25, 0.3) is 0 Å². The molecule has 3 rings (SSSR count). The molecule has 0 aliphatic carbocycles. The predicted octanol–water partition coefficient (Wildman–Crippen LogP) is 3.78. The molecular weight excluding hydrogens is 295 g/mol. The van der Waals surface area contributed by atoms with Crippen molar-refractivity contribution < 1.29 is 0 Å². The molecule has 0 saturated heterocycles. The van der Waals surface area contributed by atoms with E-state index >= 15 is 0 Å². The summed E-state index contributed by atoms with van der Waals surface area (Å²) in [5.74, 6) is 0. The molecule has 0 unspecified atom stereocenters. The van der Waals surface area contributed by atoms with Gasteiger partial charge in [-0.3, -0.25) is 0 Å². The molecule has 0 radical (unpaired) electrons. The van der Waals surface area contributed by atoms with Gasteiger partial charge >= 0.3 is 0 Å². The Kier molecular flexibility index (Phi) is 2.86. The smallest absolute Gasteiger partial charge is 0.224 e. The summed E-state index contributed by atoms with van der Waals surface area (Å²) >= 11 is 17.9. The molecule has 2 heterocycles. The molecule has 0 bridgehead atoms. The maximum atomic E-state index is 6.16. The third-order valence-corrected chi connectivity index (χ3v) is 3.43. The van der Waals surface area contributed by atoms with Crippen LogP contribution in [0.4, 0.5) is 0 Å². The van der Waals surface area contributed by atoms with Crippen molar-refractivity contribution >= 4 is 45.8 Å². The van der Waals surface area contributed by atoms with Crippen molar-refractivity contribution in [3.05, 3.63) is 45.9 Å². The summed E-state index contributed by atoms with van der Waals surface area (Å²) in [6.07, 6.45) is 3.25. The van der Waals surface area contributed by atoms with E-state index < -0.39 is 0 Å². The SMILES string of the molecule is Clc1ncc2cnn(-c3cccc(Cl)c3Cl)c2n1. The Labute approximate surface area is 117 Å². The molecule has 7 heteroatoms. The number of hydrogen-bond acceptors (Lipinski definition) is 3. The molecule has 0 atom stereocenters. The van der Waals surface area contributed by atoms with Crippen LogP contribution in [0.3, 0.4) is 0 Å². The van der Waals surface area contributed by atoms with Crippen LogP contribution < -0.4 is 0 Å². The minimum atomic E-state index is 0.155. The molecular formula is C11H5Cl3N4. The van der Waals surface area contributed by atoms with Gasteiger partial charge in [-0.15, -0.1) is 0 Å². The van der Waals surface area contributed by atoms with Gasteiger partial charge in [-0.1, -0.05) is 29.3 Å². The fourth-order valence-corrected chi connectivity index (χ4v) is 2.13. The van der Waals surface area contributed by atoms with Gasteiger partial charge in [0, 0.05) is 6.20 Å². The van der Waals surface area contributed by atoms with Crippen molar-refractivity contribution in [3.63, 3.8) is 0 Å². The van der Waals surface area contributed by atoms with Gasteiger partial charge in [0.05, 0.1) is 27.3 Å². The lowest BCUT2D eigenvalue weighted by molar-refractivity contribution is 0.895. The van der Waals surface area contributed by atoms with Crippen LogP contribution in [0.2, 0.25) is 15.3 Å². The lowest BCUT2D eigenvalue weighted by Gasteiger charge is -2.06. The first-order chi connectivity index (χ1) is 8.66. The van der Waals surface area contributed by atoms with Crippen molar-refractivity contribution in [2.24, 2.45) is 0 Å². The van der Waals surface area contributed by atoms with Crippen LogP contribution in [0.5, 0.6) is 0 Å². The van der Waals surface area contributed by atoms with E-state index in [-0.39, 0.29) is 5.28 Å². The van der Waals surface area contributed by atoms with Gasteiger partial charge in [0.2, 0.25) is 5.28 Å². The molecule has 3 aromatic rings. The molecule has 0 N–H and O–H groups in total. The summed E-state index contributed by atoms with van der Waals surface area (Å²) < 4.78 is 1.58. The highest BCUT2D eigenvalue weighted by molar-refractivity contribution is 6.43. The molecule has 90 valence electrons. The lowest BCUT2D eigenvalue weighted by Crippen LogP contribution is -1.99. The molecule has 18 heavy (non-hydrogen) atoms. The first-order valence-corrected chi connectivity index (χ1v) is 6.11. The number of benzene rings is 1. The van der Waals surface area contributed by atoms with Crippen molar-refractivity contribution in [2.75, 3.05) is 0 Å². The predicted molar refractivity (Wildman–Crippen MR) is 71.7 cm³/mol. The van der Waals surface area contributed by atoms with Gasteiger partial charge in [-0.2, -0.15) is 10.1 Å². The fourth-order valence-electron chi connectivity index (χ4n) is 1.63. The monoisotopic (exact) mass is 298 g/mol. The highest BCUT2D eigenvalue weighted by Gasteiger charge is 2.12. The van der Waals surface area contributed by atoms with Crippen LogP contribution in [-0.4, -0.2) is 19.7 Å². The Morgan fingerprint density at radius 2 is 1.89 bits per heavy atom. The summed E-state index contributed by atoms with van der Waals surface area (Å²) in [7, 11) is 0. The van der Waals surface area contributed by atoms with E-state index in [1.54, 1.807) is 35.3 Å². The number of hydrogen-bond donors (Lipinski definition) is 0. The van der Waals surface area contributed by atoms with Gasteiger partial charge in [-0.25, -0.2) is 9.67 Å². The van der Waals surface area contributed by atoms with E-state index in [4.69, 9.17) is 34.8 Å². The summed E-state index contributed by atoms with van der Waals surface area (Å²) in [6, 6.07) is 5.30. The van der Waals surface area contributed by atoms with Gasteiger partial charge in [0.1, 0.15) is 0 Å². The van der Waals surface area contributed by atoms with Crippen LogP contribution in [0.25, 0.3) is 16.7 Å². The molecule has 0 saturated carbocycles. The molecule has 0 fully saturated rings. The summed E-state index contributed by atoms with van der Waals surface area (Å²) in [4.78, 5) is 8.03. The van der Waals surface area contributed by atoms with Crippen molar-refractivity contribution in [1.82, 2.24) is 19.7 Å². The number of rotatable bonds is 1. The van der Waals surface area contributed by atoms with Crippen LogP contribution >= 0.6 is 34.8 Å². The van der Waals surface area contributed by atoms with Gasteiger partial charge < -0.3 is 0 Å². The third kappa shape index (κ3) is 1.82. The Hall–Kier alpha value is -1.36. The summed E-state index contributed by atoms with van der Waals surface area (Å²) in [5.41, 5.74) is 1.23. The van der Waals surface area contributed by atoms with Crippen LogP contribution in [0, 0.1) is 0 Å². The highest BCUT2D eigenvalue weighted by atomic mass is 35.5. The van der Waals surface area contributed by atoms with E-state index in [9.17, 15) is 0 Å². The van der Waals surface area contributed by atoms with E-state index in [2.05, 4.69) is 15.1 Å². The summed E-state index contributed by atoms with van der Waals surface area (Å²) in [5, 5.41) is 6.02. The number of halogens is 3. The van der Waals surface area contributed by atoms with Crippen molar-refractivity contribution in [1.29, 1.82) is 0 Å². The quantitative estimate of drug-likeness (QED) is 0.642. The molecule has 0 aliphatic heterocycles. The normalized spacial score (nSPS) is 11.1. The minimum Gasteiger partial charge on any atom is -0.226 e. The Morgan fingerprint density at radius 1 is 1.06 bits per heavy atom. The number of fused-ring (bicyclic) bond motifs is 1. The Morgan fingerprint density at radius 3 is 2.72 bits per heavy atom. The zero-order valence-electron chi connectivity index (χ0n) is 8.81. The van der Waals surface area contributed by atoms with Crippen LogP contribution in [-0.2, 0) is 0 Å². The number of nitrogens with zero attached hydrogens (tertiary/aromatic N) is 4. The fraction of sp³-hybridized carbons (Fsp3) is 0. The van der Waals surface area contributed by atoms with E-state index in [0.29, 0.717) is 21.4 Å². The van der Waals surface area contributed by atoms with Crippen molar-refractivity contribution in [3.8, 4) is 5.69 Å². The van der Waals surface area contributed by atoms with Gasteiger partial charge in [0.15, 0.2) is 5.65 Å². The molecule has 4 nitrogen and oxygen atoms in total. The molecule has 0 spiro atoms. The second-order valence-corrected chi connectivity index (χ2v) is 4.67. The average Bonchev–Trinajstić information content (AvgIpc) is 2.75. The molecule has 0 amide bonds. The average molecular weight is 300 g/mol. The third-order valence-electron chi connectivity index (χ3n) is 2.44. The Bertz CT molecular complexity index is 738. The van der Waals surface area contributed by atoms with Crippen LogP contribution in [0.1, 0.15) is 0 Å².